The van der Waals surface area contributed by atoms with Gasteiger partial charge in [-0.1, -0.05) is 6.07 Å². The molecule has 0 atom stereocenters. The maximum atomic E-state index is 11.0. The van der Waals surface area contributed by atoms with Gasteiger partial charge >= 0.3 is 0 Å². The minimum Gasteiger partial charge on any atom is -0.386 e. The van der Waals surface area contributed by atoms with Gasteiger partial charge in [0.05, 0.1) is 10.8 Å². The number of alkyl halides is 1. The standard InChI is InChI=1S/C12H10ClN3O2S/c13-7-12(14)15-9-6-8(11-2-1-5-19-11)3-4-10(9)16(17)18/h1-6H,7H2,(H2,14,15). The van der Waals surface area contributed by atoms with Crippen molar-refractivity contribution in [3.8, 4) is 10.4 Å². The fourth-order valence-electron chi connectivity index (χ4n) is 1.55. The minimum atomic E-state index is -0.488. The van der Waals surface area contributed by atoms with Gasteiger partial charge < -0.3 is 5.73 Å². The van der Waals surface area contributed by atoms with Crippen molar-refractivity contribution in [2.24, 2.45) is 10.7 Å². The number of nitro benzene ring substituents is 1. The lowest BCUT2D eigenvalue weighted by Gasteiger charge is -2.02. The van der Waals surface area contributed by atoms with Gasteiger partial charge in [0.25, 0.3) is 5.69 Å². The van der Waals surface area contributed by atoms with Crippen molar-refractivity contribution in [3.05, 3.63) is 45.8 Å². The van der Waals surface area contributed by atoms with Gasteiger partial charge in [-0.2, -0.15) is 0 Å². The van der Waals surface area contributed by atoms with E-state index in [1.807, 2.05) is 17.5 Å². The van der Waals surface area contributed by atoms with Crippen molar-refractivity contribution in [3.63, 3.8) is 0 Å². The number of halogens is 1. The molecule has 0 fully saturated rings. The highest BCUT2D eigenvalue weighted by Gasteiger charge is 2.15. The summed E-state index contributed by atoms with van der Waals surface area (Å²) in [4.78, 5) is 15.5. The molecule has 0 bridgehead atoms. The number of nitro groups is 1. The first kappa shape index (κ1) is 13.5. The summed E-state index contributed by atoms with van der Waals surface area (Å²) in [6.45, 7) is 0. The third-order valence-electron chi connectivity index (χ3n) is 2.38. The van der Waals surface area contributed by atoms with Crippen molar-refractivity contribution >= 4 is 40.1 Å². The second-order valence-corrected chi connectivity index (χ2v) is 4.89. The van der Waals surface area contributed by atoms with Crippen molar-refractivity contribution < 1.29 is 4.92 Å². The predicted molar refractivity (Wildman–Crippen MR) is 78.4 cm³/mol. The van der Waals surface area contributed by atoms with E-state index in [1.54, 1.807) is 23.5 Å². The Balaban J connectivity index is 2.53. The maximum Gasteiger partial charge on any atom is 0.294 e. The lowest BCUT2D eigenvalue weighted by Crippen LogP contribution is -2.12. The molecule has 0 radical (unpaired) electrons. The van der Waals surface area contributed by atoms with Gasteiger partial charge in [0.2, 0.25) is 0 Å². The fraction of sp³-hybridized carbons (Fsp3) is 0.0833. The van der Waals surface area contributed by atoms with Crippen LogP contribution in [0, 0.1) is 10.1 Å². The van der Waals surface area contributed by atoms with E-state index < -0.39 is 4.92 Å². The van der Waals surface area contributed by atoms with E-state index in [4.69, 9.17) is 17.3 Å². The Morgan fingerprint density at radius 3 is 2.84 bits per heavy atom. The monoisotopic (exact) mass is 295 g/mol. The summed E-state index contributed by atoms with van der Waals surface area (Å²) >= 11 is 7.10. The SMILES string of the molecule is NC(CCl)=Nc1cc(-c2cccs2)ccc1[N+](=O)[O-]. The number of hydrogen-bond acceptors (Lipinski definition) is 4. The number of hydrogen-bond donors (Lipinski definition) is 1. The first-order valence-corrected chi connectivity index (χ1v) is 6.74. The van der Waals surface area contributed by atoms with Crippen molar-refractivity contribution in [1.29, 1.82) is 0 Å². The van der Waals surface area contributed by atoms with Crippen LogP contribution in [-0.4, -0.2) is 16.6 Å². The summed E-state index contributed by atoms with van der Waals surface area (Å²) in [5.41, 5.74) is 6.53. The molecule has 19 heavy (non-hydrogen) atoms. The number of nitrogens with two attached hydrogens (primary N) is 1. The third-order valence-corrected chi connectivity index (χ3v) is 3.57. The minimum absolute atomic E-state index is 0.0282. The van der Waals surface area contributed by atoms with E-state index in [1.165, 1.54) is 6.07 Å². The van der Waals surface area contributed by atoms with E-state index >= 15 is 0 Å². The molecule has 1 heterocycles. The molecule has 0 aliphatic rings. The second kappa shape index (κ2) is 5.81. The summed E-state index contributed by atoms with van der Waals surface area (Å²) in [5, 5.41) is 12.9. The Morgan fingerprint density at radius 2 is 2.26 bits per heavy atom. The fourth-order valence-corrected chi connectivity index (χ4v) is 2.33. The number of nitrogens with zero attached hydrogens (tertiary/aromatic N) is 2. The molecule has 0 saturated carbocycles. The van der Waals surface area contributed by atoms with Crippen LogP contribution in [0.1, 0.15) is 0 Å². The number of rotatable bonds is 4. The van der Waals surface area contributed by atoms with Crippen LogP contribution in [0.15, 0.2) is 40.7 Å². The van der Waals surface area contributed by atoms with Crippen molar-refractivity contribution in [2.75, 3.05) is 5.88 Å². The molecule has 0 aliphatic carbocycles. The molecule has 1 aromatic carbocycles. The molecule has 0 amide bonds. The molecular weight excluding hydrogens is 286 g/mol. The van der Waals surface area contributed by atoms with Gasteiger partial charge in [-0.3, -0.25) is 10.1 Å². The zero-order valence-corrected chi connectivity index (χ0v) is 11.3. The highest BCUT2D eigenvalue weighted by atomic mass is 35.5. The van der Waals surface area contributed by atoms with Gasteiger partial charge in [0, 0.05) is 10.9 Å². The predicted octanol–water partition coefficient (Wildman–Crippen LogP) is 3.55. The lowest BCUT2D eigenvalue weighted by molar-refractivity contribution is -0.384. The summed E-state index contributed by atoms with van der Waals surface area (Å²) < 4.78 is 0. The van der Waals surface area contributed by atoms with Crippen LogP contribution in [-0.2, 0) is 0 Å². The Kier molecular flexibility index (Phi) is 4.13. The molecule has 2 rings (SSSR count). The molecule has 2 aromatic rings. The number of thiophene rings is 1. The molecule has 7 heteroatoms. The van der Waals surface area contributed by atoms with Gasteiger partial charge in [0.15, 0.2) is 0 Å². The average Bonchev–Trinajstić information content (AvgIpc) is 2.92. The number of benzene rings is 1. The Hall–Kier alpha value is -1.92. The van der Waals surface area contributed by atoms with Crippen LogP contribution >= 0.6 is 22.9 Å². The van der Waals surface area contributed by atoms with Gasteiger partial charge in [-0.15, -0.1) is 22.9 Å². The number of amidine groups is 1. The normalized spacial score (nSPS) is 11.5. The largest absolute Gasteiger partial charge is 0.386 e. The molecule has 98 valence electrons. The smallest absolute Gasteiger partial charge is 0.294 e. The number of aliphatic imine (C=N–C) groups is 1. The zero-order chi connectivity index (χ0) is 13.8. The molecule has 0 aliphatic heterocycles. The Labute approximate surface area is 118 Å². The first-order chi connectivity index (χ1) is 9.11. The van der Waals surface area contributed by atoms with Gasteiger partial charge in [-0.25, -0.2) is 4.99 Å². The highest BCUT2D eigenvalue weighted by Crippen LogP contribution is 2.34. The molecule has 5 nitrogen and oxygen atoms in total. The summed E-state index contributed by atoms with van der Waals surface area (Å²) in [7, 11) is 0. The third kappa shape index (κ3) is 3.10. The Morgan fingerprint density at radius 1 is 1.47 bits per heavy atom. The first-order valence-electron chi connectivity index (χ1n) is 5.33. The van der Waals surface area contributed by atoms with Crippen LogP contribution in [0.25, 0.3) is 10.4 Å². The summed E-state index contributed by atoms with van der Waals surface area (Å²) in [5.74, 6) is 0.175. The van der Waals surface area contributed by atoms with Crippen LogP contribution < -0.4 is 5.73 Å². The lowest BCUT2D eigenvalue weighted by atomic mass is 10.1. The van der Waals surface area contributed by atoms with Gasteiger partial charge in [0.1, 0.15) is 11.5 Å². The zero-order valence-electron chi connectivity index (χ0n) is 9.75. The van der Waals surface area contributed by atoms with E-state index in [0.717, 1.165) is 10.4 Å². The molecule has 0 unspecified atom stereocenters. The molecular formula is C12H10ClN3O2S. The van der Waals surface area contributed by atoms with Crippen molar-refractivity contribution in [2.45, 2.75) is 0 Å². The Bertz CT molecular complexity index is 626. The summed E-state index contributed by atoms with van der Waals surface area (Å²) in [6, 6.07) is 8.61. The van der Waals surface area contributed by atoms with E-state index in [2.05, 4.69) is 4.99 Å². The maximum absolute atomic E-state index is 11.0. The highest BCUT2D eigenvalue weighted by molar-refractivity contribution is 7.13. The van der Waals surface area contributed by atoms with Crippen LogP contribution in [0.3, 0.4) is 0 Å². The van der Waals surface area contributed by atoms with E-state index in [0.29, 0.717) is 0 Å². The van der Waals surface area contributed by atoms with Crippen LogP contribution in [0.5, 0.6) is 0 Å². The van der Waals surface area contributed by atoms with Gasteiger partial charge in [-0.05, 0) is 29.1 Å². The molecule has 1 aromatic heterocycles. The van der Waals surface area contributed by atoms with Crippen LogP contribution in [0.2, 0.25) is 0 Å². The average molecular weight is 296 g/mol. The quantitative estimate of drug-likeness (QED) is 0.308. The topological polar surface area (TPSA) is 81.5 Å². The van der Waals surface area contributed by atoms with E-state index in [9.17, 15) is 10.1 Å². The molecule has 0 spiro atoms. The molecule has 0 saturated heterocycles. The van der Waals surface area contributed by atoms with Crippen molar-refractivity contribution in [1.82, 2.24) is 0 Å². The second-order valence-electron chi connectivity index (χ2n) is 3.67. The van der Waals surface area contributed by atoms with Crippen LogP contribution in [0.4, 0.5) is 11.4 Å². The molecule has 2 N–H and O–H groups in total. The van der Waals surface area contributed by atoms with E-state index in [-0.39, 0.29) is 23.1 Å². The summed E-state index contributed by atoms with van der Waals surface area (Å²) in [6.07, 6.45) is 0.